The van der Waals surface area contributed by atoms with Crippen LogP contribution in [0.2, 0.25) is 0 Å². The van der Waals surface area contributed by atoms with Gasteiger partial charge in [0.15, 0.2) is 0 Å². The Morgan fingerprint density at radius 3 is 1.69 bits per heavy atom. The fourth-order valence-corrected chi connectivity index (χ4v) is 3.40. The van der Waals surface area contributed by atoms with Crippen molar-refractivity contribution >= 4 is 5.97 Å². The van der Waals surface area contributed by atoms with Gasteiger partial charge in [-0.15, -0.1) is 0 Å². The third-order valence-electron chi connectivity index (χ3n) is 4.98. The molecule has 0 bridgehead atoms. The Morgan fingerprint density at radius 2 is 1.19 bits per heavy atom. The van der Waals surface area contributed by atoms with E-state index in [0.29, 0.717) is 13.0 Å². The number of hydrogen-bond donors (Lipinski definition) is 0. The van der Waals surface area contributed by atoms with E-state index in [1.54, 1.807) is 0 Å². The van der Waals surface area contributed by atoms with Crippen molar-refractivity contribution in [3.8, 4) is 0 Å². The summed E-state index contributed by atoms with van der Waals surface area (Å²) in [4.78, 5) is 11.7. The summed E-state index contributed by atoms with van der Waals surface area (Å²) in [6.07, 6.45) is 17.2. The third-order valence-corrected chi connectivity index (χ3v) is 4.98. The maximum atomic E-state index is 11.7. The number of rotatable bonds is 18. The van der Waals surface area contributed by atoms with Gasteiger partial charge in [-0.05, 0) is 12.8 Å². The molecule has 0 spiro atoms. The molecule has 0 fully saturated rings. The Kier molecular flexibility index (Phi) is 21.7. The Bertz CT molecular complexity index is 309. The van der Waals surface area contributed by atoms with E-state index in [1.807, 2.05) is 0 Å². The largest absolute Gasteiger partial charge is 1.00 e. The van der Waals surface area contributed by atoms with E-state index in [-0.39, 0.29) is 29.9 Å². The van der Waals surface area contributed by atoms with Crippen LogP contribution < -0.4 is 24.0 Å². The molecule has 0 aromatic heterocycles. The average molecular weight is 484 g/mol. The van der Waals surface area contributed by atoms with Gasteiger partial charge in [-0.2, -0.15) is 0 Å². The van der Waals surface area contributed by atoms with E-state index in [1.165, 1.54) is 77.2 Å². The number of quaternary nitrogens is 1. The molecule has 0 saturated carbocycles. The minimum absolute atomic E-state index is 0. The summed E-state index contributed by atoms with van der Waals surface area (Å²) in [6.45, 7) is 7.34. The molecule has 0 unspecified atom stereocenters. The van der Waals surface area contributed by atoms with Crippen LogP contribution in [0.15, 0.2) is 0 Å². The van der Waals surface area contributed by atoms with Crippen molar-refractivity contribution < 1.29 is 38.0 Å². The van der Waals surface area contributed by atoms with Crippen LogP contribution in [-0.4, -0.2) is 44.2 Å². The third kappa shape index (κ3) is 20.5. The molecule has 0 aliphatic rings. The van der Waals surface area contributed by atoms with E-state index in [2.05, 4.69) is 27.9 Å². The molecule has 0 aromatic rings. The van der Waals surface area contributed by atoms with Crippen LogP contribution >= 0.6 is 0 Å². The summed E-state index contributed by atoms with van der Waals surface area (Å²) in [7, 11) is 4.49. The van der Waals surface area contributed by atoms with E-state index >= 15 is 0 Å². The summed E-state index contributed by atoms with van der Waals surface area (Å²) >= 11 is 0. The first-order chi connectivity index (χ1) is 12.0. The Morgan fingerprint density at radius 1 is 0.692 bits per heavy atom. The van der Waals surface area contributed by atoms with Gasteiger partial charge in [0.25, 0.3) is 0 Å². The van der Waals surface area contributed by atoms with Crippen molar-refractivity contribution in [3.63, 3.8) is 0 Å². The second-order valence-corrected chi connectivity index (χ2v) is 8.24. The van der Waals surface area contributed by atoms with E-state index in [9.17, 15) is 4.79 Å². The number of carbonyl (C=O) groups is 1. The van der Waals surface area contributed by atoms with Crippen LogP contribution in [0.4, 0.5) is 0 Å². The highest BCUT2D eigenvalue weighted by Crippen LogP contribution is 2.12. The first-order valence-corrected chi connectivity index (χ1v) is 11.0. The molecule has 4 heteroatoms. The van der Waals surface area contributed by atoms with Crippen molar-refractivity contribution in [1.82, 2.24) is 0 Å². The molecule has 0 heterocycles. The Balaban J connectivity index is 0. The van der Waals surface area contributed by atoms with Gasteiger partial charge in [-0.25, -0.2) is 0 Å². The molecule has 3 nitrogen and oxygen atoms in total. The van der Waals surface area contributed by atoms with Crippen molar-refractivity contribution in [3.05, 3.63) is 0 Å². The minimum atomic E-state index is -0.00304. The van der Waals surface area contributed by atoms with Crippen molar-refractivity contribution in [2.24, 2.45) is 0 Å². The molecular formula is C22H46INO2. The zero-order valence-corrected chi connectivity index (χ0v) is 20.3. The van der Waals surface area contributed by atoms with E-state index in [4.69, 9.17) is 4.74 Å². The van der Waals surface area contributed by atoms with Crippen LogP contribution in [0.25, 0.3) is 0 Å². The van der Waals surface area contributed by atoms with Gasteiger partial charge in [-0.3, -0.25) is 4.79 Å². The molecule has 0 rings (SSSR count). The fourth-order valence-electron chi connectivity index (χ4n) is 3.40. The Hall–Kier alpha value is 0.160. The smallest absolute Gasteiger partial charge is 0.305 e. The predicted molar refractivity (Wildman–Crippen MR) is 109 cm³/mol. The molecule has 0 atom stereocenters. The lowest BCUT2D eigenvalue weighted by atomic mass is 10.1. The maximum Gasteiger partial charge on any atom is 0.305 e. The first kappa shape index (κ1) is 28.4. The lowest BCUT2D eigenvalue weighted by Gasteiger charge is -2.29. The number of halogens is 1. The second kappa shape index (κ2) is 19.9. The molecule has 0 amide bonds. The SMILES string of the molecule is CCCCCCCCCCCCCC(=O)OCCC[N+](C)(C)CCC.[I-]. The van der Waals surface area contributed by atoms with Gasteiger partial charge in [0.05, 0.1) is 33.8 Å². The monoisotopic (exact) mass is 483 g/mol. The molecule has 0 saturated heterocycles. The minimum Gasteiger partial charge on any atom is -1.00 e. The molecule has 0 aliphatic carbocycles. The molecule has 0 aromatic carbocycles. The van der Waals surface area contributed by atoms with Gasteiger partial charge in [0.1, 0.15) is 0 Å². The highest BCUT2D eigenvalue weighted by molar-refractivity contribution is 5.69. The normalized spacial score (nSPS) is 11.2. The lowest BCUT2D eigenvalue weighted by Crippen LogP contribution is -3.00. The van der Waals surface area contributed by atoms with Crippen LogP contribution in [0.3, 0.4) is 0 Å². The number of hydrogen-bond acceptors (Lipinski definition) is 2. The Labute approximate surface area is 181 Å². The number of nitrogens with zero attached hydrogens (tertiary/aromatic N) is 1. The fraction of sp³-hybridized carbons (Fsp3) is 0.955. The summed E-state index contributed by atoms with van der Waals surface area (Å²) < 4.78 is 6.38. The van der Waals surface area contributed by atoms with Crippen molar-refractivity contribution in [1.29, 1.82) is 0 Å². The predicted octanol–water partition coefficient (Wildman–Crippen LogP) is 3.11. The highest BCUT2D eigenvalue weighted by atomic mass is 127. The van der Waals surface area contributed by atoms with Crippen molar-refractivity contribution in [2.75, 3.05) is 33.8 Å². The summed E-state index contributed by atoms with van der Waals surface area (Å²) in [5.74, 6) is -0.00304. The summed E-state index contributed by atoms with van der Waals surface area (Å²) in [6, 6.07) is 0. The molecule has 0 aliphatic heterocycles. The number of carbonyl (C=O) groups excluding carboxylic acids is 1. The number of unbranched alkanes of at least 4 members (excludes halogenated alkanes) is 10. The molecular weight excluding hydrogens is 437 g/mol. The number of ether oxygens (including phenoxy) is 1. The van der Waals surface area contributed by atoms with Crippen LogP contribution in [-0.2, 0) is 9.53 Å². The topological polar surface area (TPSA) is 26.3 Å². The molecule has 158 valence electrons. The standard InChI is InChI=1S/C22H46NO2.HI/c1-5-7-8-9-10-11-12-13-14-15-16-18-22(24)25-21-17-20-23(3,4)19-6-2;/h5-21H2,1-4H3;1H/q+1;/p-1. The van der Waals surface area contributed by atoms with Crippen molar-refractivity contribution in [2.45, 2.75) is 104 Å². The quantitative estimate of drug-likeness (QED) is 0.130. The molecule has 26 heavy (non-hydrogen) atoms. The zero-order chi connectivity index (χ0) is 18.8. The van der Waals surface area contributed by atoms with Gasteiger partial charge in [0, 0.05) is 12.8 Å². The van der Waals surface area contributed by atoms with E-state index < -0.39 is 0 Å². The summed E-state index contributed by atoms with van der Waals surface area (Å²) in [5, 5.41) is 0. The molecule has 0 N–H and O–H groups in total. The van der Waals surface area contributed by atoms with Gasteiger partial charge < -0.3 is 33.2 Å². The van der Waals surface area contributed by atoms with E-state index in [0.717, 1.165) is 23.9 Å². The van der Waals surface area contributed by atoms with Crippen LogP contribution in [0, 0.1) is 0 Å². The van der Waals surface area contributed by atoms with Gasteiger partial charge >= 0.3 is 5.97 Å². The first-order valence-electron chi connectivity index (χ1n) is 11.0. The van der Waals surface area contributed by atoms with Crippen LogP contribution in [0.5, 0.6) is 0 Å². The molecule has 0 radical (unpaired) electrons. The zero-order valence-electron chi connectivity index (χ0n) is 18.2. The van der Waals surface area contributed by atoms with Gasteiger partial charge in [0.2, 0.25) is 0 Å². The van der Waals surface area contributed by atoms with Crippen LogP contribution in [0.1, 0.15) is 104 Å². The average Bonchev–Trinajstić information content (AvgIpc) is 2.56. The highest BCUT2D eigenvalue weighted by Gasteiger charge is 2.13. The second-order valence-electron chi connectivity index (χ2n) is 8.24. The summed E-state index contributed by atoms with van der Waals surface area (Å²) in [5.41, 5.74) is 0. The maximum absolute atomic E-state index is 11.7. The number of esters is 1. The van der Waals surface area contributed by atoms with Gasteiger partial charge in [-0.1, -0.05) is 78.1 Å². The lowest BCUT2D eigenvalue weighted by molar-refractivity contribution is -0.890.